The Kier molecular flexibility index (Phi) is 6.38. The molecule has 0 N–H and O–H groups in total. The predicted molar refractivity (Wildman–Crippen MR) is 155 cm³/mol. The zero-order valence-corrected chi connectivity index (χ0v) is 22.9. The Morgan fingerprint density at radius 1 is 0.974 bits per heavy atom. The van der Waals surface area contributed by atoms with Crippen LogP contribution in [0.15, 0.2) is 89.1 Å². The Bertz CT molecular complexity index is 1470. The maximum Gasteiger partial charge on any atom is 0.240 e. The fourth-order valence-corrected chi connectivity index (χ4v) is 6.92. The van der Waals surface area contributed by atoms with Gasteiger partial charge in [0.05, 0.1) is 30.3 Å². The number of nitrogens with zero attached hydrogens (tertiary/aromatic N) is 5. The van der Waals surface area contributed by atoms with Crippen molar-refractivity contribution in [2.24, 2.45) is 10.2 Å². The maximum absolute atomic E-state index is 13.3. The molecule has 198 valence electrons. The van der Waals surface area contributed by atoms with E-state index < -0.39 is 4.99 Å². The number of thioether (sulfide) groups is 1. The van der Waals surface area contributed by atoms with Gasteiger partial charge in [0, 0.05) is 31.2 Å². The maximum atomic E-state index is 13.3. The lowest BCUT2D eigenvalue weighted by atomic mass is 9.98. The molecule has 1 fully saturated rings. The lowest BCUT2D eigenvalue weighted by Crippen LogP contribution is -2.53. The molecular formula is C30H29N5O3S. The van der Waals surface area contributed by atoms with E-state index in [-0.39, 0.29) is 17.9 Å². The molecule has 3 aliphatic rings. The number of benzene rings is 3. The first-order valence-electron chi connectivity index (χ1n) is 12.9. The van der Waals surface area contributed by atoms with Crippen LogP contribution in [-0.4, -0.2) is 46.1 Å². The predicted octanol–water partition coefficient (Wildman–Crippen LogP) is 5.41. The molecule has 1 spiro atoms. The number of hydrogen-bond acceptors (Lipinski definition) is 7. The minimum atomic E-state index is -0.639. The number of amides is 2. The smallest absolute Gasteiger partial charge is 0.240 e. The van der Waals surface area contributed by atoms with Crippen LogP contribution in [0, 0.1) is 0 Å². The van der Waals surface area contributed by atoms with Gasteiger partial charge in [0.25, 0.3) is 0 Å². The molecule has 0 radical (unpaired) electrons. The minimum Gasteiger partial charge on any atom is -0.497 e. The number of para-hydroxylation sites is 1. The van der Waals surface area contributed by atoms with Gasteiger partial charge in [0.15, 0.2) is 4.99 Å². The van der Waals surface area contributed by atoms with Crippen molar-refractivity contribution in [3.63, 3.8) is 0 Å². The fourth-order valence-electron chi connectivity index (χ4n) is 5.52. The molecule has 39 heavy (non-hydrogen) atoms. The van der Waals surface area contributed by atoms with Crippen LogP contribution in [0.25, 0.3) is 0 Å². The molecule has 8 nitrogen and oxygen atoms in total. The molecule has 1 saturated heterocycles. The topological polar surface area (TPSA) is 77.8 Å². The third-order valence-electron chi connectivity index (χ3n) is 7.31. The molecule has 2 amide bonds. The summed E-state index contributed by atoms with van der Waals surface area (Å²) in [5.74, 6) is 1.10. The highest BCUT2D eigenvalue weighted by molar-refractivity contribution is 8.02. The quantitative estimate of drug-likeness (QED) is 0.433. The molecule has 0 bridgehead atoms. The Labute approximate surface area is 231 Å². The molecule has 3 aromatic rings. The Morgan fingerprint density at radius 3 is 2.36 bits per heavy atom. The van der Waals surface area contributed by atoms with E-state index in [2.05, 4.69) is 0 Å². The van der Waals surface area contributed by atoms with Crippen molar-refractivity contribution in [2.75, 3.05) is 22.8 Å². The number of methoxy groups -OCH3 is 1. The van der Waals surface area contributed by atoms with Crippen molar-refractivity contribution in [2.45, 2.75) is 37.7 Å². The first-order valence-corrected chi connectivity index (χ1v) is 13.9. The van der Waals surface area contributed by atoms with E-state index in [0.717, 1.165) is 39.7 Å². The normalized spacial score (nSPS) is 22.5. The van der Waals surface area contributed by atoms with Crippen LogP contribution >= 0.6 is 11.8 Å². The van der Waals surface area contributed by atoms with Crippen LogP contribution < -0.4 is 14.6 Å². The molecule has 6 rings (SSSR count). The van der Waals surface area contributed by atoms with Crippen LogP contribution in [0.2, 0.25) is 0 Å². The molecule has 0 saturated carbocycles. The van der Waals surface area contributed by atoms with Gasteiger partial charge in [0.2, 0.25) is 11.8 Å². The third-order valence-corrected chi connectivity index (χ3v) is 8.66. The number of ether oxygens (including phenoxy) is 1. The van der Waals surface area contributed by atoms with Gasteiger partial charge in [-0.3, -0.25) is 14.5 Å². The van der Waals surface area contributed by atoms with E-state index in [1.54, 1.807) is 23.9 Å². The summed E-state index contributed by atoms with van der Waals surface area (Å²) in [6.07, 6.45) is 1.26. The van der Waals surface area contributed by atoms with Crippen LogP contribution in [-0.2, 0) is 9.59 Å². The summed E-state index contributed by atoms with van der Waals surface area (Å²) in [5.41, 5.74) is 5.51. The van der Waals surface area contributed by atoms with Crippen LogP contribution in [0.3, 0.4) is 0 Å². The molecule has 0 aromatic heterocycles. The Hall–Kier alpha value is -4.11. The fraction of sp³-hybridized carbons (Fsp3) is 0.267. The van der Waals surface area contributed by atoms with E-state index in [0.29, 0.717) is 18.6 Å². The summed E-state index contributed by atoms with van der Waals surface area (Å²) in [5, 5.41) is 13.1. The molecule has 2 atom stereocenters. The second-order valence-electron chi connectivity index (χ2n) is 9.87. The number of rotatable bonds is 5. The number of anilines is 2. The van der Waals surface area contributed by atoms with Gasteiger partial charge in [0.1, 0.15) is 5.75 Å². The second-order valence-corrected chi connectivity index (χ2v) is 11.1. The standard InChI is InChI=1S/C30H29N5O3S/c1-20-18-30(35(31-20)25-7-5-4-6-8-25)33(29(37)19-39-30)24-13-9-22(10-14-24)27-17-28(34(32-27)21(2)36)23-11-15-26(38-3)16-12-23/h4-16,28H,17-19H2,1-3H3. The van der Waals surface area contributed by atoms with E-state index in [9.17, 15) is 9.59 Å². The highest BCUT2D eigenvalue weighted by Crippen LogP contribution is 2.50. The average molecular weight is 540 g/mol. The molecule has 9 heteroatoms. The summed E-state index contributed by atoms with van der Waals surface area (Å²) in [6.45, 7) is 3.54. The average Bonchev–Trinajstić information content (AvgIpc) is 3.64. The molecule has 3 aromatic carbocycles. The van der Waals surface area contributed by atoms with E-state index in [1.165, 1.54) is 6.92 Å². The van der Waals surface area contributed by atoms with E-state index in [1.807, 2.05) is 95.7 Å². The molecule has 0 aliphatic carbocycles. The number of hydrazone groups is 2. The van der Waals surface area contributed by atoms with Crippen LogP contribution in [0.1, 0.15) is 43.9 Å². The number of carbonyl (C=O) groups excluding carboxylic acids is 2. The first-order chi connectivity index (χ1) is 18.9. The van der Waals surface area contributed by atoms with Gasteiger partial charge in [-0.05, 0) is 54.4 Å². The highest BCUT2D eigenvalue weighted by Gasteiger charge is 2.55. The lowest BCUT2D eigenvalue weighted by Gasteiger charge is -2.40. The summed E-state index contributed by atoms with van der Waals surface area (Å²) in [6, 6.07) is 25.5. The molecule has 2 unspecified atom stereocenters. The first kappa shape index (κ1) is 25.2. The number of hydrogen-bond donors (Lipinski definition) is 0. The largest absolute Gasteiger partial charge is 0.497 e. The van der Waals surface area contributed by atoms with Gasteiger partial charge >= 0.3 is 0 Å². The summed E-state index contributed by atoms with van der Waals surface area (Å²) in [4.78, 5) is 27.0. The Morgan fingerprint density at radius 2 is 1.69 bits per heavy atom. The zero-order valence-electron chi connectivity index (χ0n) is 22.1. The van der Waals surface area contributed by atoms with Crippen molar-refractivity contribution in [1.82, 2.24) is 5.01 Å². The van der Waals surface area contributed by atoms with Gasteiger partial charge in [-0.25, -0.2) is 10.0 Å². The SMILES string of the molecule is COc1ccc(C2CC(c3ccc(N4C(=O)CSC45CC(C)=NN5c4ccccc4)cc3)=NN2C(C)=O)cc1. The molecular weight excluding hydrogens is 510 g/mol. The van der Waals surface area contributed by atoms with Gasteiger partial charge in [-0.1, -0.05) is 54.2 Å². The summed E-state index contributed by atoms with van der Waals surface area (Å²) in [7, 11) is 1.63. The number of carbonyl (C=O) groups is 2. The van der Waals surface area contributed by atoms with E-state index in [4.69, 9.17) is 14.9 Å². The van der Waals surface area contributed by atoms with Crippen LogP contribution in [0.4, 0.5) is 11.4 Å². The third kappa shape index (κ3) is 4.36. The van der Waals surface area contributed by atoms with Crippen molar-refractivity contribution in [1.29, 1.82) is 0 Å². The lowest BCUT2D eigenvalue weighted by molar-refractivity contribution is -0.130. The minimum absolute atomic E-state index is 0.0547. The van der Waals surface area contributed by atoms with Crippen molar-refractivity contribution in [3.05, 3.63) is 90.0 Å². The van der Waals surface area contributed by atoms with Crippen molar-refractivity contribution < 1.29 is 14.3 Å². The monoisotopic (exact) mass is 539 g/mol. The van der Waals surface area contributed by atoms with Crippen molar-refractivity contribution >= 4 is 46.4 Å². The van der Waals surface area contributed by atoms with Crippen molar-refractivity contribution in [3.8, 4) is 5.75 Å². The van der Waals surface area contributed by atoms with Gasteiger partial charge in [-0.15, -0.1) is 0 Å². The van der Waals surface area contributed by atoms with E-state index >= 15 is 0 Å². The molecule has 3 heterocycles. The summed E-state index contributed by atoms with van der Waals surface area (Å²) >= 11 is 1.61. The zero-order chi connectivity index (χ0) is 27.1. The Balaban J connectivity index is 1.29. The second kappa shape index (κ2) is 9.89. The van der Waals surface area contributed by atoms with Gasteiger partial charge in [-0.2, -0.15) is 10.2 Å². The van der Waals surface area contributed by atoms with Gasteiger partial charge < -0.3 is 4.74 Å². The molecule has 3 aliphatic heterocycles. The van der Waals surface area contributed by atoms with Crippen LogP contribution in [0.5, 0.6) is 5.75 Å². The highest BCUT2D eigenvalue weighted by atomic mass is 32.2. The summed E-state index contributed by atoms with van der Waals surface area (Å²) < 4.78 is 5.28.